The van der Waals surface area contributed by atoms with Gasteiger partial charge in [0.15, 0.2) is 0 Å². The van der Waals surface area contributed by atoms with Gasteiger partial charge in [-0.1, -0.05) is 29.8 Å². The highest BCUT2D eigenvalue weighted by molar-refractivity contribution is 6.22. The van der Waals surface area contributed by atoms with Crippen molar-refractivity contribution >= 4 is 23.4 Å². The van der Waals surface area contributed by atoms with E-state index in [1.165, 1.54) is 4.90 Å². The van der Waals surface area contributed by atoms with Crippen molar-refractivity contribution in [2.24, 2.45) is 0 Å². The molecule has 3 amide bonds. The minimum absolute atomic E-state index is 0.187. The van der Waals surface area contributed by atoms with Gasteiger partial charge >= 0.3 is 0 Å². The summed E-state index contributed by atoms with van der Waals surface area (Å²) in [4.78, 5) is 41.7. The molecular weight excluding hydrogens is 392 g/mol. The summed E-state index contributed by atoms with van der Waals surface area (Å²) in [5.74, 6) is -0.443. The molecule has 0 saturated heterocycles. The van der Waals surface area contributed by atoms with Crippen LogP contribution in [0.5, 0.6) is 5.75 Å². The molecule has 0 aromatic heterocycles. The van der Waals surface area contributed by atoms with Gasteiger partial charge in [0, 0.05) is 11.3 Å². The predicted octanol–water partition coefficient (Wildman–Crippen LogP) is 4.29. The predicted molar refractivity (Wildman–Crippen MR) is 117 cm³/mol. The normalized spacial score (nSPS) is 12.6. The Kier molecular flexibility index (Phi) is 5.54. The van der Waals surface area contributed by atoms with Crippen LogP contribution in [0.25, 0.3) is 0 Å². The molecule has 0 N–H and O–H groups in total. The topological polar surface area (TPSA) is 66.9 Å². The summed E-state index contributed by atoms with van der Waals surface area (Å²) in [6.45, 7) is 4.14. The Morgan fingerprint density at radius 3 is 2.13 bits per heavy atom. The van der Waals surface area contributed by atoms with E-state index < -0.39 is 11.8 Å². The van der Waals surface area contributed by atoms with Gasteiger partial charge in [0.1, 0.15) is 12.4 Å². The number of anilines is 1. The molecule has 31 heavy (non-hydrogen) atoms. The summed E-state index contributed by atoms with van der Waals surface area (Å²) < 4.78 is 5.49. The molecule has 156 valence electrons. The molecule has 1 aliphatic rings. The summed E-state index contributed by atoms with van der Waals surface area (Å²) in [6.07, 6.45) is 0. The molecule has 6 heteroatoms. The monoisotopic (exact) mass is 414 g/mol. The third-order valence-corrected chi connectivity index (χ3v) is 5.13. The highest BCUT2D eigenvalue weighted by Gasteiger charge is 2.37. The van der Waals surface area contributed by atoms with Gasteiger partial charge < -0.3 is 4.74 Å². The molecule has 6 nitrogen and oxygen atoms in total. The number of imide groups is 1. The van der Waals surface area contributed by atoms with Crippen LogP contribution in [0.2, 0.25) is 0 Å². The fourth-order valence-electron chi connectivity index (χ4n) is 3.60. The summed E-state index contributed by atoms with van der Waals surface area (Å²) in [7, 11) is 0. The first-order valence-corrected chi connectivity index (χ1v) is 10.1. The van der Waals surface area contributed by atoms with Crippen LogP contribution in [0.3, 0.4) is 0 Å². The molecular formula is C25H22N2O4. The van der Waals surface area contributed by atoms with E-state index in [2.05, 4.69) is 0 Å². The second-order valence-corrected chi connectivity index (χ2v) is 7.25. The molecule has 0 bridgehead atoms. The number of rotatable bonds is 6. The van der Waals surface area contributed by atoms with Crippen molar-refractivity contribution in [3.8, 4) is 5.75 Å². The van der Waals surface area contributed by atoms with Gasteiger partial charge in [-0.25, -0.2) is 0 Å². The molecule has 3 aromatic rings. The van der Waals surface area contributed by atoms with Crippen LogP contribution >= 0.6 is 0 Å². The number of amides is 3. The lowest BCUT2D eigenvalue weighted by Gasteiger charge is -2.27. The zero-order valence-corrected chi connectivity index (χ0v) is 17.4. The van der Waals surface area contributed by atoms with E-state index in [1.807, 2.05) is 19.9 Å². The van der Waals surface area contributed by atoms with Crippen LogP contribution in [0.4, 0.5) is 5.69 Å². The molecule has 0 radical (unpaired) electrons. The number of nitrogens with zero attached hydrogens (tertiary/aromatic N) is 2. The molecule has 3 aromatic carbocycles. The van der Waals surface area contributed by atoms with Crippen LogP contribution in [-0.4, -0.2) is 35.9 Å². The first-order chi connectivity index (χ1) is 15.0. The van der Waals surface area contributed by atoms with Crippen molar-refractivity contribution in [1.29, 1.82) is 0 Å². The molecule has 0 spiro atoms. The molecule has 1 heterocycles. The Labute approximate surface area is 180 Å². The fourth-order valence-corrected chi connectivity index (χ4v) is 3.60. The van der Waals surface area contributed by atoms with Crippen molar-refractivity contribution in [2.45, 2.75) is 13.8 Å². The lowest BCUT2D eigenvalue weighted by molar-refractivity contribution is 0.0650. The number of fused-ring (bicyclic) bond motifs is 1. The van der Waals surface area contributed by atoms with Gasteiger partial charge in [0.2, 0.25) is 0 Å². The maximum atomic E-state index is 13.4. The van der Waals surface area contributed by atoms with Gasteiger partial charge in [0.25, 0.3) is 17.7 Å². The minimum atomic E-state index is -0.409. The van der Waals surface area contributed by atoms with Gasteiger partial charge in [-0.05, 0) is 62.4 Å². The van der Waals surface area contributed by atoms with Gasteiger partial charge in [-0.15, -0.1) is 0 Å². The number of hydrogen-bond donors (Lipinski definition) is 0. The van der Waals surface area contributed by atoms with Crippen molar-refractivity contribution in [3.05, 3.63) is 95.1 Å². The largest absolute Gasteiger partial charge is 0.494 e. The zero-order valence-electron chi connectivity index (χ0n) is 17.4. The molecule has 0 saturated carbocycles. The number of ether oxygens (including phenoxy) is 1. The zero-order chi connectivity index (χ0) is 22.0. The van der Waals surface area contributed by atoms with Crippen LogP contribution in [0, 0.1) is 6.92 Å². The Morgan fingerprint density at radius 1 is 0.903 bits per heavy atom. The number of aryl methyl sites for hydroxylation is 1. The second-order valence-electron chi connectivity index (χ2n) is 7.25. The van der Waals surface area contributed by atoms with Crippen LogP contribution in [0.15, 0.2) is 72.8 Å². The molecule has 0 atom stereocenters. The quantitative estimate of drug-likeness (QED) is 0.564. The van der Waals surface area contributed by atoms with E-state index in [0.717, 1.165) is 10.5 Å². The molecule has 4 rings (SSSR count). The summed E-state index contributed by atoms with van der Waals surface area (Å²) in [5, 5.41) is 0. The average Bonchev–Trinajstić information content (AvgIpc) is 3.03. The van der Waals surface area contributed by atoms with E-state index in [4.69, 9.17) is 4.74 Å². The number of hydrogen-bond acceptors (Lipinski definition) is 4. The maximum Gasteiger partial charge on any atom is 0.263 e. The number of carbonyl (C=O) groups excluding carboxylic acids is 3. The Morgan fingerprint density at radius 2 is 1.55 bits per heavy atom. The SMILES string of the molecule is CCOc1ccc(N(CN2C(=O)c3ccccc3C2=O)C(=O)c2cccc(C)c2)cc1. The Balaban J connectivity index is 1.70. The Hall–Kier alpha value is -3.93. The van der Waals surface area contributed by atoms with Crippen molar-refractivity contribution < 1.29 is 19.1 Å². The first-order valence-electron chi connectivity index (χ1n) is 10.1. The highest BCUT2D eigenvalue weighted by Crippen LogP contribution is 2.26. The van der Waals surface area contributed by atoms with Crippen LogP contribution in [-0.2, 0) is 0 Å². The second kappa shape index (κ2) is 8.44. The van der Waals surface area contributed by atoms with E-state index >= 15 is 0 Å². The lowest BCUT2D eigenvalue weighted by Crippen LogP contribution is -2.44. The summed E-state index contributed by atoms with van der Waals surface area (Å²) in [5.41, 5.74) is 2.68. The van der Waals surface area contributed by atoms with Crippen molar-refractivity contribution in [3.63, 3.8) is 0 Å². The van der Waals surface area contributed by atoms with Crippen molar-refractivity contribution in [1.82, 2.24) is 4.90 Å². The molecule has 0 fully saturated rings. The van der Waals surface area contributed by atoms with E-state index in [0.29, 0.717) is 34.7 Å². The smallest absolute Gasteiger partial charge is 0.263 e. The van der Waals surface area contributed by atoms with Gasteiger partial charge in [-0.2, -0.15) is 0 Å². The Bertz CT molecular complexity index is 1120. The molecule has 0 unspecified atom stereocenters. The van der Waals surface area contributed by atoms with E-state index in [1.54, 1.807) is 66.7 Å². The summed E-state index contributed by atoms with van der Waals surface area (Å²) >= 11 is 0. The van der Waals surface area contributed by atoms with Crippen LogP contribution < -0.4 is 9.64 Å². The average molecular weight is 414 g/mol. The van der Waals surface area contributed by atoms with Gasteiger partial charge in [0.05, 0.1) is 17.7 Å². The fraction of sp³-hybridized carbons (Fsp3) is 0.160. The highest BCUT2D eigenvalue weighted by atomic mass is 16.5. The standard InChI is InChI=1S/C25H22N2O4/c1-3-31-20-13-11-19(12-14-20)26(23(28)18-8-6-7-17(2)15-18)16-27-24(29)21-9-4-5-10-22(21)25(27)30/h4-15H,3,16H2,1-2H3. The van der Waals surface area contributed by atoms with E-state index in [9.17, 15) is 14.4 Å². The minimum Gasteiger partial charge on any atom is -0.494 e. The number of carbonyl (C=O) groups is 3. The third-order valence-electron chi connectivity index (χ3n) is 5.13. The number of benzene rings is 3. The van der Waals surface area contributed by atoms with Crippen molar-refractivity contribution in [2.75, 3.05) is 18.2 Å². The van der Waals surface area contributed by atoms with E-state index in [-0.39, 0.29) is 12.6 Å². The molecule has 1 aliphatic heterocycles. The lowest BCUT2D eigenvalue weighted by atomic mass is 10.1. The van der Waals surface area contributed by atoms with Crippen LogP contribution in [0.1, 0.15) is 43.6 Å². The maximum absolute atomic E-state index is 13.4. The molecule has 0 aliphatic carbocycles. The van der Waals surface area contributed by atoms with Gasteiger partial charge in [-0.3, -0.25) is 24.2 Å². The summed E-state index contributed by atoms with van der Waals surface area (Å²) in [6, 6.07) is 20.9. The first kappa shape index (κ1) is 20.3. The third kappa shape index (κ3) is 3.92.